The summed E-state index contributed by atoms with van der Waals surface area (Å²) in [4.78, 5) is 24.2. The third-order valence-electron chi connectivity index (χ3n) is 5.18. The molecule has 0 radical (unpaired) electrons. The molecule has 0 saturated heterocycles. The van der Waals surface area contributed by atoms with Gasteiger partial charge in [0.25, 0.3) is 5.91 Å². The number of anilines is 2. The second-order valence-corrected chi connectivity index (χ2v) is 9.03. The van der Waals surface area contributed by atoms with E-state index in [1.807, 2.05) is 19.1 Å². The minimum absolute atomic E-state index is 0.0734. The first-order chi connectivity index (χ1) is 16.2. The largest absolute Gasteiger partial charge is 0.493 e. The Bertz CT molecular complexity index is 1150. The van der Waals surface area contributed by atoms with E-state index in [-0.39, 0.29) is 23.8 Å². The molecule has 0 aliphatic carbocycles. The van der Waals surface area contributed by atoms with Crippen molar-refractivity contribution in [2.45, 2.75) is 46.6 Å². The zero-order valence-electron chi connectivity index (χ0n) is 20.4. The predicted octanol–water partition coefficient (Wildman–Crippen LogP) is 6.17. The Balaban J connectivity index is 1.75. The van der Waals surface area contributed by atoms with E-state index in [9.17, 15) is 9.59 Å². The molecule has 178 valence electrons. The maximum absolute atomic E-state index is 12.9. The summed E-state index contributed by atoms with van der Waals surface area (Å²) in [6.07, 6.45) is 0. The van der Waals surface area contributed by atoms with Crippen LogP contribution in [0.1, 0.15) is 56.1 Å². The summed E-state index contributed by atoms with van der Waals surface area (Å²) in [5.74, 6) is 0.990. The first-order valence-electron chi connectivity index (χ1n) is 11.3. The Labute approximate surface area is 201 Å². The number of carbonyl (C=O) groups excluding carboxylic acids is 2. The van der Waals surface area contributed by atoms with Crippen molar-refractivity contribution >= 4 is 23.2 Å². The fraction of sp³-hybridized carbons (Fsp3) is 0.286. The molecule has 6 heteroatoms. The number of hydrogen-bond donors (Lipinski definition) is 2. The third kappa shape index (κ3) is 6.85. The molecule has 0 spiro atoms. The van der Waals surface area contributed by atoms with Crippen molar-refractivity contribution in [3.8, 4) is 11.5 Å². The average molecular weight is 461 g/mol. The molecule has 34 heavy (non-hydrogen) atoms. The van der Waals surface area contributed by atoms with E-state index in [2.05, 4.69) is 43.5 Å². The van der Waals surface area contributed by atoms with Crippen LogP contribution in [0, 0.1) is 0 Å². The molecule has 0 unspecified atom stereocenters. The zero-order valence-corrected chi connectivity index (χ0v) is 20.4. The highest BCUT2D eigenvalue weighted by molar-refractivity contribution is 6.05. The highest BCUT2D eigenvalue weighted by Crippen LogP contribution is 2.27. The minimum Gasteiger partial charge on any atom is -0.493 e. The van der Waals surface area contributed by atoms with Crippen LogP contribution in [-0.2, 0) is 16.8 Å². The van der Waals surface area contributed by atoms with E-state index < -0.39 is 0 Å². The zero-order chi connectivity index (χ0) is 24.7. The Kier molecular flexibility index (Phi) is 7.95. The van der Waals surface area contributed by atoms with Crippen molar-refractivity contribution in [2.75, 3.05) is 17.2 Å². The van der Waals surface area contributed by atoms with Crippen LogP contribution in [0.15, 0.2) is 66.7 Å². The molecule has 0 atom stereocenters. The maximum atomic E-state index is 12.9. The molecule has 0 heterocycles. The number of nitrogens with one attached hydrogen (secondary N) is 2. The van der Waals surface area contributed by atoms with Crippen molar-refractivity contribution in [1.82, 2.24) is 0 Å². The fourth-order valence-electron chi connectivity index (χ4n) is 3.42. The van der Waals surface area contributed by atoms with Crippen LogP contribution in [0.2, 0.25) is 0 Å². The summed E-state index contributed by atoms with van der Waals surface area (Å²) < 4.78 is 11.7. The second kappa shape index (κ2) is 10.9. The van der Waals surface area contributed by atoms with Crippen molar-refractivity contribution in [3.63, 3.8) is 0 Å². The summed E-state index contributed by atoms with van der Waals surface area (Å²) in [7, 11) is 0. The molecule has 0 aliphatic heterocycles. The molecule has 0 fully saturated rings. The van der Waals surface area contributed by atoms with Crippen LogP contribution in [-0.4, -0.2) is 18.4 Å². The molecule has 2 amide bonds. The predicted molar refractivity (Wildman–Crippen MR) is 136 cm³/mol. The van der Waals surface area contributed by atoms with Crippen molar-refractivity contribution in [3.05, 3.63) is 83.4 Å². The Morgan fingerprint density at radius 2 is 1.53 bits per heavy atom. The lowest BCUT2D eigenvalue weighted by molar-refractivity contribution is -0.114. The molecule has 0 aliphatic rings. The van der Waals surface area contributed by atoms with Crippen LogP contribution in [0.4, 0.5) is 11.4 Å². The second-order valence-electron chi connectivity index (χ2n) is 9.03. The number of rotatable bonds is 8. The lowest BCUT2D eigenvalue weighted by Crippen LogP contribution is -2.13. The molecule has 3 aromatic carbocycles. The van der Waals surface area contributed by atoms with Crippen LogP contribution in [0.5, 0.6) is 11.5 Å². The van der Waals surface area contributed by atoms with Gasteiger partial charge in [0.1, 0.15) is 18.1 Å². The van der Waals surface area contributed by atoms with Crippen molar-refractivity contribution in [1.29, 1.82) is 0 Å². The van der Waals surface area contributed by atoms with Crippen LogP contribution < -0.4 is 20.1 Å². The van der Waals surface area contributed by atoms with E-state index in [1.165, 1.54) is 12.5 Å². The fourth-order valence-corrected chi connectivity index (χ4v) is 3.42. The average Bonchev–Trinajstić information content (AvgIpc) is 2.78. The summed E-state index contributed by atoms with van der Waals surface area (Å²) in [6.45, 7) is 10.6. The quantitative estimate of drug-likeness (QED) is 0.421. The number of benzene rings is 3. The molecular formula is C28H32N2O4. The van der Waals surface area contributed by atoms with Gasteiger partial charge in [-0.25, -0.2) is 0 Å². The van der Waals surface area contributed by atoms with E-state index in [0.29, 0.717) is 29.3 Å². The van der Waals surface area contributed by atoms with E-state index in [1.54, 1.807) is 42.5 Å². The molecule has 3 aromatic rings. The van der Waals surface area contributed by atoms with E-state index >= 15 is 0 Å². The Morgan fingerprint density at radius 3 is 2.15 bits per heavy atom. The normalized spacial score (nSPS) is 11.0. The van der Waals surface area contributed by atoms with Crippen LogP contribution in [0.3, 0.4) is 0 Å². The van der Waals surface area contributed by atoms with Gasteiger partial charge in [0.05, 0.1) is 6.61 Å². The van der Waals surface area contributed by atoms with Crippen LogP contribution in [0.25, 0.3) is 0 Å². The van der Waals surface area contributed by atoms with Gasteiger partial charge in [0, 0.05) is 29.4 Å². The lowest BCUT2D eigenvalue weighted by atomic mass is 9.87. The van der Waals surface area contributed by atoms with E-state index in [4.69, 9.17) is 9.47 Å². The van der Waals surface area contributed by atoms with Gasteiger partial charge in [-0.15, -0.1) is 0 Å². The van der Waals surface area contributed by atoms with Gasteiger partial charge in [-0.05, 0) is 66.4 Å². The third-order valence-corrected chi connectivity index (χ3v) is 5.18. The van der Waals surface area contributed by atoms with Gasteiger partial charge < -0.3 is 20.1 Å². The monoisotopic (exact) mass is 460 g/mol. The standard InChI is InChI=1S/C28H32N2O4/c1-6-33-26-15-10-20(27(32)30-24-9-7-8-23(17-24)29-19(2)31)16-21(26)18-34-25-13-11-22(12-14-25)28(3,4)5/h7-17H,6,18H2,1-5H3,(H,29,31)(H,30,32). The summed E-state index contributed by atoms with van der Waals surface area (Å²) >= 11 is 0. The van der Waals surface area contributed by atoms with Crippen molar-refractivity contribution < 1.29 is 19.1 Å². The Hall–Kier alpha value is -3.80. The van der Waals surface area contributed by atoms with Crippen LogP contribution >= 0.6 is 0 Å². The first-order valence-corrected chi connectivity index (χ1v) is 11.3. The van der Waals surface area contributed by atoms with Gasteiger partial charge in [-0.2, -0.15) is 0 Å². The molecule has 3 rings (SSSR count). The van der Waals surface area contributed by atoms with Gasteiger partial charge in [0.2, 0.25) is 5.91 Å². The highest BCUT2D eigenvalue weighted by atomic mass is 16.5. The first kappa shape index (κ1) is 24.8. The Morgan fingerprint density at radius 1 is 0.853 bits per heavy atom. The summed E-state index contributed by atoms with van der Waals surface area (Å²) in [6, 6.07) is 20.3. The van der Waals surface area contributed by atoms with Gasteiger partial charge in [-0.3, -0.25) is 9.59 Å². The molecule has 0 aromatic heterocycles. The SMILES string of the molecule is CCOc1ccc(C(=O)Nc2cccc(NC(C)=O)c2)cc1COc1ccc(C(C)(C)C)cc1. The number of amides is 2. The smallest absolute Gasteiger partial charge is 0.255 e. The molecule has 0 bridgehead atoms. The summed E-state index contributed by atoms with van der Waals surface area (Å²) in [5, 5.41) is 5.58. The number of hydrogen-bond acceptors (Lipinski definition) is 4. The van der Waals surface area contributed by atoms with E-state index in [0.717, 1.165) is 11.3 Å². The molecule has 6 nitrogen and oxygen atoms in total. The van der Waals surface area contributed by atoms with Crippen molar-refractivity contribution in [2.24, 2.45) is 0 Å². The van der Waals surface area contributed by atoms with Gasteiger partial charge in [-0.1, -0.05) is 39.0 Å². The molecule has 0 saturated carbocycles. The minimum atomic E-state index is -0.265. The molecular weight excluding hydrogens is 428 g/mol. The lowest BCUT2D eigenvalue weighted by Gasteiger charge is -2.19. The highest BCUT2D eigenvalue weighted by Gasteiger charge is 2.14. The topological polar surface area (TPSA) is 76.7 Å². The molecule has 2 N–H and O–H groups in total. The summed E-state index contributed by atoms with van der Waals surface area (Å²) in [5.41, 5.74) is 3.77. The van der Waals surface area contributed by atoms with Gasteiger partial charge >= 0.3 is 0 Å². The van der Waals surface area contributed by atoms with Gasteiger partial charge in [0.15, 0.2) is 0 Å². The maximum Gasteiger partial charge on any atom is 0.255 e. The number of carbonyl (C=O) groups is 2. The number of ether oxygens (including phenoxy) is 2.